The average molecular weight is 334 g/mol. The second-order valence-electron chi connectivity index (χ2n) is 5.44. The summed E-state index contributed by atoms with van der Waals surface area (Å²) in [4.78, 5) is 16.1. The molecule has 0 radical (unpaired) electrons. The fourth-order valence-corrected chi connectivity index (χ4v) is 2.38. The van der Waals surface area contributed by atoms with Crippen LogP contribution in [0.4, 0.5) is 14.5 Å². The molecule has 2 heterocycles. The normalized spacial score (nSPS) is 16.8. The summed E-state index contributed by atoms with van der Waals surface area (Å²) in [5, 5.41) is 2.42. The van der Waals surface area contributed by atoms with E-state index in [1.165, 1.54) is 12.3 Å². The van der Waals surface area contributed by atoms with E-state index in [1.54, 1.807) is 6.07 Å². The first-order chi connectivity index (χ1) is 11.6. The standard InChI is InChI=1S/C17H16F2N2O3/c18-12-6-13(19)8-14(7-12)21-17(22)11-3-4-16(20-9-11)24-10-15-2-1-5-23-15/h3-4,6-9,15H,1-2,5,10H2,(H,21,22). The molecule has 0 aliphatic carbocycles. The van der Waals surface area contributed by atoms with Crippen LogP contribution in [0.1, 0.15) is 23.2 Å². The van der Waals surface area contributed by atoms with Gasteiger partial charge in [-0.15, -0.1) is 0 Å². The number of aromatic nitrogens is 1. The summed E-state index contributed by atoms with van der Waals surface area (Å²) in [5.41, 5.74) is 0.292. The predicted molar refractivity (Wildman–Crippen MR) is 83.0 cm³/mol. The van der Waals surface area contributed by atoms with Crippen molar-refractivity contribution >= 4 is 11.6 Å². The van der Waals surface area contributed by atoms with Gasteiger partial charge in [-0.1, -0.05) is 0 Å². The summed E-state index contributed by atoms with van der Waals surface area (Å²) in [6.45, 7) is 1.17. The Morgan fingerprint density at radius 1 is 1.29 bits per heavy atom. The molecule has 1 unspecified atom stereocenters. The van der Waals surface area contributed by atoms with Gasteiger partial charge in [-0.3, -0.25) is 4.79 Å². The number of carbonyl (C=O) groups excluding carboxylic acids is 1. The third-order valence-corrected chi connectivity index (χ3v) is 3.56. The summed E-state index contributed by atoms with van der Waals surface area (Å²) >= 11 is 0. The lowest BCUT2D eigenvalue weighted by Crippen LogP contribution is -2.17. The summed E-state index contributed by atoms with van der Waals surface area (Å²) in [5.74, 6) is -1.65. The summed E-state index contributed by atoms with van der Waals surface area (Å²) in [6, 6.07) is 5.90. The van der Waals surface area contributed by atoms with Crippen LogP contribution in [-0.4, -0.2) is 30.2 Å². The molecule has 1 aromatic heterocycles. The molecule has 1 aromatic carbocycles. The zero-order valence-electron chi connectivity index (χ0n) is 12.8. The van der Waals surface area contributed by atoms with Crippen LogP contribution in [0, 0.1) is 11.6 Å². The fourth-order valence-electron chi connectivity index (χ4n) is 2.38. The number of benzene rings is 1. The Labute approximate surface area is 137 Å². The molecule has 1 saturated heterocycles. The molecule has 2 aromatic rings. The molecular weight excluding hydrogens is 318 g/mol. The van der Waals surface area contributed by atoms with E-state index in [0.29, 0.717) is 12.5 Å². The number of ether oxygens (including phenoxy) is 2. The Morgan fingerprint density at radius 3 is 2.71 bits per heavy atom. The first kappa shape index (κ1) is 16.3. The Hall–Kier alpha value is -2.54. The zero-order valence-corrected chi connectivity index (χ0v) is 12.8. The van der Waals surface area contributed by atoms with Crippen LogP contribution >= 0.6 is 0 Å². The van der Waals surface area contributed by atoms with E-state index < -0.39 is 17.5 Å². The number of hydrogen-bond donors (Lipinski definition) is 1. The molecule has 0 bridgehead atoms. The van der Waals surface area contributed by atoms with Gasteiger partial charge < -0.3 is 14.8 Å². The molecule has 126 valence electrons. The Kier molecular flexibility index (Phi) is 5.00. The highest BCUT2D eigenvalue weighted by molar-refractivity contribution is 6.04. The highest BCUT2D eigenvalue weighted by atomic mass is 19.1. The van der Waals surface area contributed by atoms with Gasteiger partial charge in [0, 0.05) is 30.6 Å². The van der Waals surface area contributed by atoms with E-state index in [-0.39, 0.29) is 17.4 Å². The van der Waals surface area contributed by atoms with Gasteiger partial charge in [-0.25, -0.2) is 13.8 Å². The minimum atomic E-state index is -0.763. The maximum Gasteiger partial charge on any atom is 0.257 e. The van der Waals surface area contributed by atoms with Crippen molar-refractivity contribution in [3.8, 4) is 5.88 Å². The van der Waals surface area contributed by atoms with Gasteiger partial charge in [0.1, 0.15) is 18.2 Å². The van der Waals surface area contributed by atoms with Crippen LogP contribution in [0.25, 0.3) is 0 Å². The highest BCUT2D eigenvalue weighted by Crippen LogP contribution is 2.16. The van der Waals surface area contributed by atoms with Gasteiger partial charge >= 0.3 is 0 Å². The maximum absolute atomic E-state index is 13.1. The number of amides is 1. The highest BCUT2D eigenvalue weighted by Gasteiger charge is 2.16. The number of nitrogens with zero attached hydrogens (tertiary/aromatic N) is 1. The van der Waals surface area contributed by atoms with E-state index in [0.717, 1.165) is 37.6 Å². The number of anilines is 1. The topological polar surface area (TPSA) is 60.5 Å². The van der Waals surface area contributed by atoms with Gasteiger partial charge in [-0.2, -0.15) is 0 Å². The SMILES string of the molecule is O=C(Nc1cc(F)cc(F)c1)c1ccc(OCC2CCCO2)nc1. The molecular formula is C17H16F2N2O3. The zero-order chi connectivity index (χ0) is 16.9. The maximum atomic E-state index is 13.1. The second kappa shape index (κ2) is 7.35. The Balaban J connectivity index is 1.58. The molecule has 1 amide bonds. The van der Waals surface area contributed by atoms with E-state index in [9.17, 15) is 13.6 Å². The molecule has 5 nitrogen and oxygen atoms in total. The number of rotatable bonds is 5. The Bertz CT molecular complexity index is 696. The lowest BCUT2D eigenvalue weighted by atomic mass is 10.2. The molecule has 0 saturated carbocycles. The summed E-state index contributed by atoms with van der Waals surface area (Å²) in [6.07, 6.45) is 3.42. The van der Waals surface area contributed by atoms with Crippen molar-refractivity contribution in [1.29, 1.82) is 0 Å². The van der Waals surface area contributed by atoms with E-state index in [2.05, 4.69) is 10.3 Å². The van der Waals surface area contributed by atoms with Crippen molar-refractivity contribution in [2.24, 2.45) is 0 Å². The van der Waals surface area contributed by atoms with E-state index in [4.69, 9.17) is 9.47 Å². The average Bonchev–Trinajstić information content (AvgIpc) is 3.06. The van der Waals surface area contributed by atoms with Crippen LogP contribution in [-0.2, 0) is 4.74 Å². The molecule has 24 heavy (non-hydrogen) atoms. The number of halogens is 2. The first-order valence-electron chi connectivity index (χ1n) is 7.58. The lowest BCUT2D eigenvalue weighted by molar-refractivity contribution is 0.0663. The van der Waals surface area contributed by atoms with Gasteiger partial charge in [-0.05, 0) is 31.0 Å². The van der Waals surface area contributed by atoms with Gasteiger partial charge in [0.15, 0.2) is 0 Å². The quantitative estimate of drug-likeness (QED) is 0.912. The molecule has 0 spiro atoms. The van der Waals surface area contributed by atoms with Gasteiger partial charge in [0.25, 0.3) is 5.91 Å². The monoisotopic (exact) mass is 334 g/mol. The number of nitrogens with one attached hydrogen (secondary N) is 1. The van der Waals surface area contributed by atoms with Crippen LogP contribution in [0.5, 0.6) is 5.88 Å². The minimum absolute atomic E-state index is 0.0382. The van der Waals surface area contributed by atoms with Crippen molar-refractivity contribution in [2.45, 2.75) is 18.9 Å². The van der Waals surface area contributed by atoms with Crippen molar-refractivity contribution in [3.63, 3.8) is 0 Å². The summed E-state index contributed by atoms with van der Waals surface area (Å²) in [7, 11) is 0. The van der Waals surface area contributed by atoms with Crippen molar-refractivity contribution in [1.82, 2.24) is 4.98 Å². The van der Waals surface area contributed by atoms with E-state index in [1.807, 2.05) is 0 Å². The van der Waals surface area contributed by atoms with E-state index >= 15 is 0 Å². The smallest absolute Gasteiger partial charge is 0.257 e. The largest absolute Gasteiger partial charge is 0.475 e. The van der Waals surface area contributed by atoms with Gasteiger partial charge in [0.05, 0.1) is 11.7 Å². The third kappa shape index (κ3) is 4.26. The minimum Gasteiger partial charge on any atom is -0.475 e. The number of pyridine rings is 1. The molecule has 1 aliphatic rings. The van der Waals surface area contributed by atoms with Crippen LogP contribution in [0.15, 0.2) is 36.5 Å². The molecule has 7 heteroatoms. The molecule has 1 aliphatic heterocycles. The van der Waals surface area contributed by atoms with Crippen molar-refractivity contribution in [2.75, 3.05) is 18.5 Å². The van der Waals surface area contributed by atoms with Crippen LogP contribution in [0.2, 0.25) is 0 Å². The van der Waals surface area contributed by atoms with Crippen molar-refractivity contribution < 1.29 is 23.0 Å². The molecule has 3 rings (SSSR count). The first-order valence-corrected chi connectivity index (χ1v) is 7.58. The van der Waals surface area contributed by atoms with Crippen LogP contribution in [0.3, 0.4) is 0 Å². The molecule has 1 fully saturated rings. The summed E-state index contributed by atoms with van der Waals surface area (Å²) < 4.78 is 37.2. The van der Waals surface area contributed by atoms with Crippen molar-refractivity contribution in [3.05, 3.63) is 53.7 Å². The van der Waals surface area contributed by atoms with Gasteiger partial charge in [0.2, 0.25) is 5.88 Å². The third-order valence-electron chi connectivity index (χ3n) is 3.56. The fraction of sp³-hybridized carbons (Fsp3) is 0.294. The molecule has 1 N–H and O–H groups in total. The number of carbonyl (C=O) groups is 1. The molecule has 1 atom stereocenters. The second-order valence-corrected chi connectivity index (χ2v) is 5.44. The lowest BCUT2D eigenvalue weighted by Gasteiger charge is -2.11. The number of hydrogen-bond acceptors (Lipinski definition) is 4. The van der Waals surface area contributed by atoms with Crippen LogP contribution < -0.4 is 10.1 Å². The predicted octanol–water partition coefficient (Wildman–Crippen LogP) is 3.17. The Morgan fingerprint density at radius 2 is 2.08 bits per heavy atom.